The van der Waals surface area contributed by atoms with Crippen molar-refractivity contribution in [2.24, 2.45) is 0 Å². The molecular formula is C57H49NO. The molecule has 0 atom stereocenters. The number of benzene rings is 7. The van der Waals surface area contributed by atoms with Crippen LogP contribution in [0.5, 0.6) is 0 Å². The second-order valence-corrected chi connectivity index (χ2v) is 14.5. The lowest BCUT2D eigenvalue weighted by molar-refractivity contribution is 0.602. The zero-order valence-corrected chi connectivity index (χ0v) is 34.3. The van der Waals surface area contributed by atoms with Gasteiger partial charge in [-0.05, 0) is 106 Å². The first-order valence-corrected chi connectivity index (χ1v) is 20.5. The average molecular weight is 764 g/mol. The molecule has 2 heteroatoms. The normalized spacial score (nSPS) is 12.7. The predicted molar refractivity (Wildman–Crippen MR) is 253 cm³/mol. The molecule has 1 aliphatic rings. The molecule has 0 saturated carbocycles. The van der Waals surface area contributed by atoms with Gasteiger partial charge in [-0.15, -0.1) is 0 Å². The van der Waals surface area contributed by atoms with Gasteiger partial charge in [0.25, 0.3) is 0 Å². The van der Waals surface area contributed by atoms with Gasteiger partial charge in [0, 0.05) is 33.6 Å². The predicted octanol–water partition coefficient (Wildman–Crippen LogP) is 16.1. The van der Waals surface area contributed by atoms with Crippen LogP contribution in [-0.2, 0) is 5.41 Å². The molecule has 0 unspecified atom stereocenters. The van der Waals surface area contributed by atoms with E-state index >= 15 is 0 Å². The van der Waals surface area contributed by atoms with Crippen LogP contribution in [0.25, 0.3) is 44.9 Å². The molecular weight excluding hydrogens is 715 g/mol. The van der Waals surface area contributed by atoms with Gasteiger partial charge in [0.05, 0.1) is 5.41 Å². The molecule has 2 nitrogen and oxygen atoms in total. The number of hydrogen-bond acceptors (Lipinski definition) is 2. The maximum Gasteiger partial charge on any atom is 0.142 e. The lowest BCUT2D eigenvalue weighted by Crippen LogP contribution is -2.28. The van der Waals surface area contributed by atoms with Crippen molar-refractivity contribution in [1.29, 1.82) is 0 Å². The summed E-state index contributed by atoms with van der Waals surface area (Å²) in [7, 11) is 0. The van der Waals surface area contributed by atoms with E-state index in [1.54, 1.807) is 6.08 Å². The van der Waals surface area contributed by atoms with Crippen LogP contribution < -0.4 is 4.90 Å². The van der Waals surface area contributed by atoms with Crippen molar-refractivity contribution in [2.75, 3.05) is 4.90 Å². The summed E-state index contributed by atoms with van der Waals surface area (Å²) in [5.41, 5.74) is 16.6. The molecule has 0 bridgehead atoms. The van der Waals surface area contributed by atoms with E-state index in [2.05, 4.69) is 195 Å². The van der Waals surface area contributed by atoms with E-state index in [4.69, 9.17) is 4.42 Å². The number of rotatable bonds is 10. The van der Waals surface area contributed by atoms with Gasteiger partial charge < -0.3 is 9.32 Å². The van der Waals surface area contributed by atoms with Gasteiger partial charge >= 0.3 is 0 Å². The van der Waals surface area contributed by atoms with Gasteiger partial charge in [-0.1, -0.05) is 185 Å². The molecule has 0 aliphatic heterocycles. The molecule has 0 amide bonds. The second kappa shape index (κ2) is 16.7. The van der Waals surface area contributed by atoms with Crippen LogP contribution in [-0.4, -0.2) is 0 Å². The van der Waals surface area contributed by atoms with Crippen LogP contribution in [0.2, 0.25) is 0 Å². The van der Waals surface area contributed by atoms with Crippen LogP contribution in [0.1, 0.15) is 59.9 Å². The van der Waals surface area contributed by atoms with Crippen molar-refractivity contribution in [2.45, 2.75) is 33.1 Å². The first-order valence-electron chi connectivity index (χ1n) is 20.5. The third-order valence-electron chi connectivity index (χ3n) is 11.4. The Balaban J connectivity index is 0.00000238. The number of hydrogen-bond donors (Lipinski definition) is 0. The molecule has 1 aromatic heterocycles. The van der Waals surface area contributed by atoms with Crippen molar-refractivity contribution in [3.05, 3.63) is 246 Å². The van der Waals surface area contributed by atoms with Crippen LogP contribution in [0.4, 0.5) is 17.1 Å². The van der Waals surface area contributed by atoms with Crippen molar-refractivity contribution < 1.29 is 4.42 Å². The molecule has 0 radical (unpaired) electrons. The van der Waals surface area contributed by atoms with Gasteiger partial charge in [-0.2, -0.15) is 0 Å². The molecule has 0 fully saturated rings. The maximum atomic E-state index is 6.44. The van der Waals surface area contributed by atoms with Gasteiger partial charge in [-0.25, -0.2) is 0 Å². The Kier molecular flexibility index (Phi) is 11.0. The van der Waals surface area contributed by atoms with Crippen molar-refractivity contribution in [1.82, 2.24) is 0 Å². The van der Waals surface area contributed by atoms with E-state index in [0.29, 0.717) is 0 Å². The third kappa shape index (κ3) is 6.67. The first kappa shape index (κ1) is 38.7. The molecule has 0 N–H and O–H groups in total. The summed E-state index contributed by atoms with van der Waals surface area (Å²) < 4.78 is 6.44. The van der Waals surface area contributed by atoms with E-state index in [1.807, 2.05) is 45.1 Å². The molecule has 8 aromatic rings. The second-order valence-electron chi connectivity index (χ2n) is 14.5. The monoisotopic (exact) mass is 763 g/mol. The molecule has 1 aliphatic carbocycles. The third-order valence-corrected chi connectivity index (χ3v) is 11.4. The summed E-state index contributed by atoms with van der Waals surface area (Å²) >= 11 is 0. The highest BCUT2D eigenvalue weighted by Gasteiger charge is 2.46. The fourth-order valence-electron chi connectivity index (χ4n) is 8.82. The molecule has 59 heavy (non-hydrogen) atoms. The van der Waals surface area contributed by atoms with Gasteiger partial charge in [0.1, 0.15) is 11.3 Å². The smallest absolute Gasteiger partial charge is 0.142 e. The summed E-state index contributed by atoms with van der Waals surface area (Å²) in [5, 5.41) is 1.14. The Labute approximate surface area is 349 Å². The summed E-state index contributed by atoms with van der Waals surface area (Å²) in [4.78, 5) is 2.36. The SMILES string of the molecule is C=C/C=C(\C=C)c1ccc(N(c2ccc(-c3cccc4c(C)c(/C=C\C)oc34)cc2)c2ccc3c(c2)-c2ccccc2C3(c2ccccc2)c2ccccc2)cc1.CC. The summed E-state index contributed by atoms with van der Waals surface area (Å²) in [6.45, 7) is 16.1. The Hall–Kier alpha value is -7.16. The van der Waals surface area contributed by atoms with Crippen molar-refractivity contribution in [3.8, 4) is 22.3 Å². The Morgan fingerprint density at radius 3 is 1.80 bits per heavy atom. The van der Waals surface area contributed by atoms with Crippen LogP contribution in [0.3, 0.4) is 0 Å². The molecule has 288 valence electrons. The average Bonchev–Trinajstić information content (AvgIpc) is 3.79. The van der Waals surface area contributed by atoms with E-state index in [-0.39, 0.29) is 0 Å². The Bertz CT molecular complexity index is 2780. The van der Waals surface area contributed by atoms with Crippen molar-refractivity contribution in [3.63, 3.8) is 0 Å². The fraction of sp³-hybridized carbons (Fsp3) is 0.0877. The topological polar surface area (TPSA) is 16.4 Å². The number of fused-ring (bicyclic) bond motifs is 4. The Morgan fingerprint density at radius 1 is 0.593 bits per heavy atom. The fourth-order valence-corrected chi connectivity index (χ4v) is 8.82. The molecule has 7 aromatic carbocycles. The largest absolute Gasteiger partial charge is 0.456 e. The van der Waals surface area contributed by atoms with E-state index in [0.717, 1.165) is 61.6 Å². The van der Waals surface area contributed by atoms with Crippen molar-refractivity contribution >= 4 is 39.7 Å². The van der Waals surface area contributed by atoms with E-state index < -0.39 is 5.41 Å². The number of para-hydroxylation sites is 1. The minimum Gasteiger partial charge on any atom is -0.456 e. The van der Waals surface area contributed by atoms with Crippen LogP contribution in [0.15, 0.2) is 212 Å². The molecule has 0 spiro atoms. The highest BCUT2D eigenvalue weighted by atomic mass is 16.3. The van der Waals surface area contributed by atoms with E-state index in [1.165, 1.54) is 33.4 Å². The van der Waals surface area contributed by atoms with Gasteiger partial charge in [-0.3, -0.25) is 0 Å². The maximum absolute atomic E-state index is 6.44. The highest BCUT2D eigenvalue weighted by molar-refractivity contribution is 5.97. The summed E-state index contributed by atoms with van der Waals surface area (Å²) in [5.74, 6) is 0.899. The lowest BCUT2D eigenvalue weighted by atomic mass is 9.68. The summed E-state index contributed by atoms with van der Waals surface area (Å²) in [6.07, 6.45) is 9.73. The minimum atomic E-state index is -0.461. The standard InChI is InChI=1S/C55H43NO.C2H6/c1-5-17-39(7-3)40-27-31-44(32-28-40)56(45-33-29-41(30-34-45)48-25-16-24-47-38(4)53(18-6-2)57-54(47)48)46-35-36-52-50(37-46)49-23-14-15-26-51(49)55(52,42-19-10-8-11-20-42)43-21-12-9-13-22-43;1-2/h5-37H,1,3H2,2,4H3;1-2H3/b18-6-,39-17+;. The van der Waals surface area contributed by atoms with Crippen LogP contribution >= 0.6 is 0 Å². The quantitative estimate of drug-likeness (QED) is 0.129. The number of anilines is 3. The minimum absolute atomic E-state index is 0.461. The highest BCUT2D eigenvalue weighted by Crippen LogP contribution is 2.57. The molecule has 9 rings (SSSR count). The van der Waals surface area contributed by atoms with E-state index in [9.17, 15) is 0 Å². The molecule has 1 heterocycles. The zero-order valence-electron chi connectivity index (χ0n) is 34.3. The number of aryl methyl sites for hydroxylation is 1. The summed E-state index contributed by atoms with van der Waals surface area (Å²) in [6, 6.07) is 61.8. The molecule has 0 saturated heterocycles. The number of allylic oxidation sites excluding steroid dienone is 5. The number of nitrogens with zero attached hydrogens (tertiary/aromatic N) is 1. The van der Waals surface area contributed by atoms with Crippen LogP contribution in [0, 0.1) is 6.92 Å². The zero-order chi connectivity index (χ0) is 40.9. The first-order chi connectivity index (χ1) is 29.1. The Morgan fingerprint density at radius 2 is 1.17 bits per heavy atom. The lowest BCUT2D eigenvalue weighted by Gasteiger charge is -2.34. The number of furan rings is 1. The van der Waals surface area contributed by atoms with Gasteiger partial charge in [0.15, 0.2) is 0 Å². The van der Waals surface area contributed by atoms with Gasteiger partial charge in [0.2, 0.25) is 0 Å².